The SMILES string of the molecule is O=C(O)C1C=CC(NC(=O)N2CCCC(CO)C2)C1. The Hall–Kier alpha value is -1.56. The summed E-state index contributed by atoms with van der Waals surface area (Å²) in [7, 11) is 0. The first-order chi connectivity index (χ1) is 9.10. The predicted molar refractivity (Wildman–Crippen MR) is 68.6 cm³/mol. The molecule has 3 unspecified atom stereocenters. The van der Waals surface area contributed by atoms with Gasteiger partial charge in [0.2, 0.25) is 0 Å². The van der Waals surface area contributed by atoms with Crippen molar-refractivity contribution in [3.05, 3.63) is 12.2 Å². The molecule has 0 aromatic heterocycles. The van der Waals surface area contributed by atoms with Crippen LogP contribution in [0.4, 0.5) is 4.79 Å². The minimum Gasteiger partial charge on any atom is -0.481 e. The number of piperidine rings is 1. The van der Waals surface area contributed by atoms with Crippen molar-refractivity contribution in [1.82, 2.24) is 10.2 Å². The smallest absolute Gasteiger partial charge is 0.317 e. The van der Waals surface area contributed by atoms with Gasteiger partial charge in [-0.05, 0) is 25.2 Å². The van der Waals surface area contributed by atoms with Gasteiger partial charge in [-0.1, -0.05) is 12.2 Å². The van der Waals surface area contributed by atoms with Crippen LogP contribution in [0.1, 0.15) is 19.3 Å². The Balaban J connectivity index is 1.82. The Labute approximate surface area is 112 Å². The Kier molecular flexibility index (Phi) is 4.42. The van der Waals surface area contributed by atoms with Gasteiger partial charge in [0.1, 0.15) is 0 Å². The lowest BCUT2D eigenvalue weighted by atomic mass is 9.99. The number of carbonyl (C=O) groups is 2. The van der Waals surface area contributed by atoms with Gasteiger partial charge in [-0.15, -0.1) is 0 Å². The van der Waals surface area contributed by atoms with Gasteiger partial charge >= 0.3 is 12.0 Å². The van der Waals surface area contributed by atoms with E-state index in [0.29, 0.717) is 19.5 Å². The van der Waals surface area contributed by atoms with Gasteiger partial charge in [0, 0.05) is 19.7 Å². The number of aliphatic carboxylic acids is 1. The zero-order valence-electron chi connectivity index (χ0n) is 10.8. The van der Waals surface area contributed by atoms with Crippen molar-refractivity contribution in [3.63, 3.8) is 0 Å². The third kappa shape index (κ3) is 3.47. The molecule has 6 heteroatoms. The number of amides is 2. The summed E-state index contributed by atoms with van der Waals surface area (Å²) in [4.78, 5) is 24.6. The standard InChI is InChI=1S/C13H20N2O4/c16-8-9-2-1-5-15(7-9)13(19)14-11-4-3-10(6-11)12(17)18/h3-4,9-11,16H,1-2,5-8H2,(H,14,19)(H,17,18). The largest absolute Gasteiger partial charge is 0.481 e. The van der Waals surface area contributed by atoms with Crippen molar-refractivity contribution in [2.75, 3.05) is 19.7 Å². The van der Waals surface area contributed by atoms with Crippen LogP contribution in [0.15, 0.2) is 12.2 Å². The maximum atomic E-state index is 12.0. The van der Waals surface area contributed by atoms with Crippen LogP contribution in [-0.2, 0) is 4.79 Å². The molecule has 19 heavy (non-hydrogen) atoms. The monoisotopic (exact) mass is 268 g/mol. The van der Waals surface area contributed by atoms with Gasteiger partial charge in [0.15, 0.2) is 0 Å². The van der Waals surface area contributed by atoms with Gasteiger partial charge < -0.3 is 20.4 Å². The number of aliphatic hydroxyl groups is 1. The molecule has 2 aliphatic rings. The zero-order chi connectivity index (χ0) is 13.8. The van der Waals surface area contributed by atoms with Crippen molar-refractivity contribution in [1.29, 1.82) is 0 Å². The number of hydrogen-bond acceptors (Lipinski definition) is 3. The molecule has 0 aromatic carbocycles. The molecular weight excluding hydrogens is 248 g/mol. The van der Waals surface area contributed by atoms with Crippen LogP contribution in [0, 0.1) is 11.8 Å². The summed E-state index contributed by atoms with van der Waals surface area (Å²) in [6, 6.07) is -0.373. The number of carboxylic acids is 1. The first kappa shape index (κ1) is 13.9. The first-order valence-corrected chi connectivity index (χ1v) is 6.67. The van der Waals surface area contributed by atoms with Crippen LogP contribution >= 0.6 is 0 Å². The lowest BCUT2D eigenvalue weighted by Crippen LogP contribution is -2.48. The number of likely N-dealkylation sites (tertiary alicyclic amines) is 1. The molecule has 0 spiro atoms. The van der Waals surface area contributed by atoms with Gasteiger partial charge in [-0.25, -0.2) is 4.79 Å². The number of carboxylic acid groups (broad SMARTS) is 1. The molecule has 0 radical (unpaired) electrons. The normalized spacial score (nSPS) is 30.4. The molecule has 1 fully saturated rings. The van der Waals surface area contributed by atoms with Crippen molar-refractivity contribution in [2.45, 2.75) is 25.3 Å². The number of urea groups is 1. The van der Waals surface area contributed by atoms with Crippen molar-refractivity contribution in [2.24, 2.45) is 11.8 Å². The summed E-state index contributed by atoms with van der Waals surface area (Å²) in [5.74, 6) is -1.20. The van der Waals surface area contributed by atoms with E-state index in [0.717, 1.165) is 12.8 Å². The van der Waals surface area contributed by atoms with Crippen LogP contribution < -0.4 is 5.32 Å². The van der Waals surface area contributed by atoms with Gasteiger partial charge in [-0.2, -0.15) is 0 Å². The average Bonchev–Trinajstić information content (AvgIpc) is 2.87. The molecule has 1 aliphatic carbocycles. The Morgan fingerprint density at radius 2 is 2.16 bits per heavy atom. The molecule has 3 atom stereocenters. The Morgan fingerprint density at radius 3 is 2.79 bits per heavy atom. The van der Waals surface area contributed by atoms with Crippen LogP contribution in [0.3, 0.4) is 0 Å². The van der Waals surface area contributed by atoms with E-state index < -0.39 is 11.9 Å². The molecule has 1 heterocycles. The van der Waals surface area contributed by atoms with E-state index >= 15 is 0 Å². The number of hydrogen-bond donors (Lipinski definition) is 3. The summed E-state index contributed by atoms with van der Waals surface area (Å²) in [6.45, 7) is 1.37. The number of carbonyl (C=O) groups excluding carboxylic acids is 1. The highest BCUT2D eigenvalue weighted by atomic mass is 16.4. The van der Waals surface area contributed by atoms with E-state index in [1.807, 2.05) is 0 Å². The lowest BCUT2D eigenvalue weighted by Gasteiger charge is -2.32. The number of aliphatic hydroxyl groups excluding tert-OH is 1. The summed E-state index contributed by atoms with van der Waals surface area (Å²) in [6.07, 6.45) is 5.63. The van der Waals surface area contributed by atoms with Crippen LogP contribution in [-0.4, -0.2) is 52.9 Å². The minimum absolute atomic E-state index is 0.105. The number of nitrogens with one attached hydrogen (secondary N) is 1. The van der Waals surface area contributed by atoms with Crippen molar-refractivity contribution >= 4 is 12.0 Å². The fourth-order valence-electron chi connectivity index (χ4n) is 2.64. The van der Waals surface area contributed by atoms with Gasteiger partial charge in [0.25, 0.3) is 0 Å². The second-order valence-corrected chi connectivity index (χ2v) is 5.26. The fourth-order valence-corrected chi connectivity index (χ4v) is 2.64. The highest BCUT2D eigenvalue weighted by molar-refractivity contribution is 5.76. The highest BCUT2D eigenvalue weighted by Crippen LogP contribution is 2.19. The van der Waals surface area contributed by atoms with E-state index in [1.54, 1.807) is 17.1 Å². The quantitative estimate of drug-likeness (QED) is 0.647. The third-order valence-electron chi connectivity index (χ3n) is 3.77. The van der Waals surface area contributed by atoms with E-state index in [1.165, 1.54) is 0 Å². The fraction of sp³-hybridized carbons (Fsp3) is 0.692. The van der Waals surface area contributed by atoms with Crippen LogP contribution in [0.2, 0.25) is 0 Å². The topological polar surface area (TPSA) is 89.9 Å². The highest BCUT2D eigenvalue weighted by Gasteiger charge is 2.28. The third-order valence-corrected chi connectivity index (χ3v) is 3.77. The van der Waals surface area contributed by atoms with Crippen molar-refractivity contribution < 1.29 is 19.8 Å². The van der Waals surface area contributed by atoms with E-state index in [9.17, 15) is 9.59 Å². The van der Waals surface area contributed by atoms with E-state index in [4.69, 9.17) is 10.2 Å². The summed E-state index contributed by atoms with van der Waals surface area (Å²) in [5.41, 5.74) is 0. The zero-order valence-corrected chi connectivity index (χ0v) is 10.8. The average molecular weight is 268 g/mol. The van der Waals surface area contributed by atoms with Crippen molar-refractivity contribution in [3.8, 4) is 0 Å². The second kappa shape index (κ2) is 6.06. The minimum atomic E-state index is -0.855. The lowest BCUT2D eigenvalue weighted by molar-refractivity contribution is -0.140. The predicted octanol–water partition coefficient (Wildman–Crippen LogP) is 0.430. The van der Waals surface area contributed by atoms with Crippen LogP contribution in [0.5, 0.6) is 0 Å². The van der Waals surface area contributed by atoms with E-state index in [2.05, 4.69) is 5.32 Å². The number of nitrogens with zero attached hydrogens (tertiary/aromatic N) is 1. The summed E-state index contributed by atoms with van der Waals surface area (Å²) < 4.78 is 0. The molecule has 6 nitrogen and oxygen atoms in total. The summed E-state index contributed by atoms with van der Waals surface area (Å²) in [5, 5.41) is 20.8. The van der Waals surface area contributed by atoms with E-state index in [-0.39, 0.29) is 24.6 Å². The van der Waals surface area contributed by atoms with Gasteiger partial charge in [-0.3, -0.25) is 4.79 Å². The molecule has 1 saturated heterocycles. The molecule has 0 bridgehead atoms. The van der Waals surface area contributed by atoms with Crippen LogP contribution in [0.25, 0.3) is 0 Å². The maximum absolute atomic E-state index is 12.0. The number of rotatable bonds is 3. The first-order valence-electron chi connectivity index (χ1n) is 6.67. The summed E-state index contributed by atoms with van der Waals surface area (Å²) >= 11 is 0. The molecule has 2 rings (SSSR count). The molecule has 1 aliphatic heterocycles. The molecule has 2 amide bonds. The molecule has 106 valence electrons. The Bertz CT molecular complexity index is 383. The molecular formula is C13H20N2O4. The second-order valence-electron chi connectivity index (χ2n) is 5.26. The Morgan fingerprint density at radius 1 is 1.37 bits per heavy atom. The molecule has 3 N–H and O–H groups in total. The van der Waals surface area contributed by atoms with Gasteiger partial charge in [0.05, 0.1) is 12.0 Å². The maximum Gasteiger partial charge on any atom is 0.317 e. The molecule has 0 aromatic rings. The molecule has 0 saturated carbocycles.